The molecule has 0 heterocycles. The van der Waals surface area contributed by atoms with Gasteiger partial charge in [0.2, 0.25) is 5.91 Å². The van der Waals surface area contributed by atoms with E-state index < -0.39 is 5.54 Å². The number of amides is 1. The van der Waals surface area contributed by atoms with Crippen LogP contribution in [0.5, 0.6) is 0 Å². The lowest BCUT2D eigenvalue weighted by molar-refractivity contribution is -0.119. The summed E-state index contributed by atoms with van der Waals surface area (Å²) in [4.78, 5) is 11.3. The molecule has 1 rings (SSSR count). The largest absolute Gasteiger partial charge is 0.369 e. The molecule has 3 nitrogen and oxygen atoms in total. The highest BCUT2D eigenvalue weighted by Gasteiger charge is 2.24. The van der Waals surface area contributed by atoms with Crippen LogP contribution in [-0.2, 0) is 4.79 Å². The maximum Gasteiger partial charge on any atom is 0.225 e. The second kappa shape index (κ2) is 4.45. The van der Waals surface area contributed by atoms with E-state index in [9.17, 15) is 4.79 Å². The first kappa shape index (κ1) is 11.7. The summed E-state index contributed by atoms with van der Waals surface area (Å²) in [6.07, 6.45) is 0.562. The van der Waals surface area contributed by atoms with Gasteiger partial charge in [0.25, 0.3) is 0 Å². The van der Waals surface area contributed by atoms with Crippen molar-refractivity contribution in [1.29, 1.82) is 0 Å². The van der Waals surface area contributed by atoms with E-state index in [-0.39, 0.29) is 11.8 Å². The number of carbonyl (C=O) groups is 1. The summed E-state index contributed by atoms with van der Waals surface area (Å²) in [7, 11) is 0. The fourth-order valence-corrected chi connectivity index (χ4v) is 1.59. The Hall–Kier alpha value is -1.35. The predicted molar refractivity (Wildman–Crippen MR) is 61.3 cm³/mol. The average molecular weight is 206 g/mol. The number of nitrogens with two attached hydrogens (primary N) is 2. The number of benzene rings is 1. The molecule has 1 amide bonds. The Morgan fingerprint density at radius 2 is 1.87 bits per heavy atom. The first-order chi connectivity index (χ1) is 6.90. The predicted octanol–water partition coefficient (Wildman–Crippen LogP) is 1.38. The zero-order valence-electron chi connectivity index (χ0n) is 9.23. The quantitative estimate of drug-likeness (QED) is 0.781. The van der Waals surface area contributed by atoms with Crippen molar-refractivity contribution in [3.8, 4) is 0 Å². The van der Waals surface area contributed by atoms with Crippen molar-refractivity contribution in [3.63, 3.8) is 0 Å². The summed E-state index contributed by atoms with van der Waals surface area (Å²) in [6, 6.07) is 9.51. The molecule has 0 saturated carbocycles. The lowest BCUT2D eigenvalue weighted by Gasteiger charge is -2.24. The summed E-state index contributed by atoms with van der Waals surface area (Å²) in [5.74, 6) is -0.620. The number of primary amides is 1. The van der Waals surface area contributed by atoms with Crippen LogP contribution in [0.1, 0.15) is 31.7 Å². The topological polar surface area (TPSA) is 69.1 Å². The van der Waals surface area contributed by atoms with Gasteiger partial charge < -0.3 is 11.5 Å². The normalized spacial score (nSPS) is 13.5. The molecule has 82 valence electrons. The lowest BCUT2D eigenvalue weighted by Crippen LogP contribution is -2.37. The Morgan fingerprint density at radius 3 is 2.27 bits per heavy atom. The highest BCUT2D eigenvalue weighted by Crippen LogP contribution is 2.24. The molecule has 0 aromatic heterocycles. The highest BCUT2D eigenvalue weighted by molar-refractivity contribution is 5.82. The van der Waals surface area contributed by atoms with Crippen molar-refractivity contribution in [2.24, 2.45) is 11.5 Å². The van der Waals surface area contributed by atoms with E-state index in [0.29, 0.717) is 6.42 Å². The van der Waals surface area contributed by atoms with Crippen LogP contribution in [0.2, 0.25) is 0 Å². The number of hydrogen-bond donors (Lipinski definition) is 2. The van der Waals surface area contributed by atoms with Crippen LogP contribution in [0.25, 0.3) is 0 Å². The fraction of sp³-hybridized carbons (Fsp3) is 0.417. The van der Waals surface area contributed by atoms with Crippen LogP contribution in [0.15, 0.2) is 30.3 Å². The minimum Gasteiger partial charge on any atom is -0.369 e. The van der Waals surface area contributed by atoms with Crippen LogP contribution < -0.4 is 11.5 Å². The zero-order chi connectivity index (χ0) is 11.5. The molecule has 0 aliphatic rings. The van der Waals surface area contributed by atoms with E-state index in [1.54, 1.807) is 0 Å². The molecule has 0 aliphatic carbocycles. The second-order valence-corrected chi connectivity index (χ2v) is 4.56. The number of hydrogen-bond acceptors (Lipinski definition) is 2. The third kappa shape index (κ3) is 3.72. The van der Waals surface area contributed by atoms with E-state index >= 15 is 0 Å². The highest BCUT2D eigenvalue weighted by atomic mass is 16.1. The number of rotatable bonds is 4. The summed E-state index contributed by atoms with van der Waals surface area (Å²) >= 11 is 0. The van der Waals surface area contributed by atoms with Crippen molar-refractivity contribution >= 4 is 5.91 Å². The lowest BCUT2D eigenvalue weighted by atomic mass is 9.86. The van der Waals surface area contributed by atoms with Gasteiger partial charge in [-0.1, -0.05) is 30.3 Å². The molecule has 1 aromatic rings. The molecule has 4 N–H and O–H groups in total. The van der Waals surface area contributed by atoms with E-state index in [1.165, 1.54) is 0 Å². The van der Waals surface area contributed by atoms with E-state index in [0.717, 1.165) is 5.56 Å². The Morgan fingerprint density at radius 1 is 1.33 bits per heavy atom. The SMILES string of the molecule is CC(C)(N)CC(C(N)=O)c1ccccc1. The van der Waals surface area contributed by atoms with Gasteiger partial charge in [-0.15, -0.1) is 0 Å². The third-order valence-corrected chi connectivity index (χ3v) is 2.28. The molecule has 1 atom stereocenters. The van der Waals surface area contributed by atoms with Crippen LogP contribution in [0, 0.1) is 0 Å². The Bertz CT molecular complexity index is 327. The van der Waals surface area contributed by atoms with Crippen LogP contribution in [0.3, 0.4) is 0 Å². The molecule has 3 heteroatoms. The number of carbonyl (C=O) groups excluding carboxylic acids is 1. The first-order valence-electron chi connectivity index (χ1n) is 5.03. The molecular formula is C12H18N2O. The summed E-state index contributed by atoms with van der Waals surface area (Å²) in [5.41, 5.74) is 11.8. The van der Waals surface area contributed by atoms with Crippen molar-refractivity contribution in [3.05, 3.63) is 35.9 Å². The summed E-state index contributed by atoms with van der Waals surface area (Å²) < 4.78 is 0. The van der Waals surface area contributed by atoms with Gasteiger partial charge in [-0.3, -0.25) is 4.79 Å². The second-order valence-electron chi connectivity index (χ2n) is 4.56. The molecule has 0 spiro atoms. The van der Waals surface area contributed by atoms with Gasteiger partial charge in [-0.05, 0) is 25.8 Å². The molecule has 1 unspecified atom stereocenters. The smallest absolute Gasteiger partial charge is 0.225 e. The van der Waals surface area contributed by atoms with Crippen LogP contribution in [0.4, 0.5) is 0 Å². The molecule has 0 fully saturated rings. The Kier molecular flexibility index (Phi) is 3.48. The monoisotopic (exact) mass is 206 g/mol. The van der Waals surface area contributed by atoms with Crippen molar-refractivity contribution in [2.75, 3.05) is 0 Å². The van der Waals surface area contributed by atoms with Gasteiger partial charge in [-0.25, -0.2) is 0 Å². The fourth-order valence-electron chi connectivity index (χ4n) is 1.59. The maximum atomic E-state index is 11.3. The molecule has 0 bridgehead atoms. The van der Waals surface area contributed by atoms with Crippen molar-refractivity contribution in [2.45, 2.75) is 31.7 Å². The molecule has 1 aromatic carbocycles. The minimum atomic E-state index is -0.393. The van der Waals surface area contributed by atoms with Crippen LogP contribution >= 0.6 is 0 Å². The Labute approximate surface area is 90.5 Å². The molecule has 0 radical (unpaired) electrons. The molecule has 15 heavy (non-hydrogen) atoms. The molecule has 0 saturated heterocycles. The first-order valence-corrected chi connectivity index (χ1v) is 5.03. The van der Waals surface area contributed by atoms with Gasteiger partial charge in [-0.2, -0.15) is 0 Å². The van der Waals surface area contributed by atoms with E-state index in [4.69, 9.17) is 11.5 Å². The standard InChI is InChI=1S/C12H18N2O/c1-12(2,14)8-10(11(13)15)9-6-4-3-5-7-9/h3-7,10H,8,14H2,1-2H3,(H2,13,15). The van der Waals surface area contributed by atoms with Gasteiger partial charge in [0, 0.05) is 5.54 Å². The summed E-state index contributed by atoms with van der Waals surface area (Å²) in [5, 5.41) is 0. The minimum absolute atomic E-state index is 0.300. The maximum absolute atomic E-state index is 11.3. The van der Waals surface area contributed by atoms with Gasteiger partial charge in [0.1, 0.15) is 0 Å². The van der Waals surface area contributed by atoms with E-state index in [1.807, 2.05) is 44.2 Å². The average Bonchev–Trinajstić information content (AvgIpc) is 2.14. The van der Waals surface area contributed by atoms with Gasteiger partial charge >= 0.3 is 0 Å². The van der Waals surface area contributed by atoms with Crippen molar-refractivity contribution in [1.82, 2.24) is 0 Å². The molecular weight excluding hydrogens is 188 g/mol. The van der Waals surface area contributed by atoms with E-state index in [2.05, 4.69) is 0 Å². The molecule has 0 aliphatic heterocycles. The van der Waals surface area contributed by atoms with Crippen molar-refractivity contribution < 1.29 is 4.79 Å². The van der Waals surface area contributed by atoms with Crippen LogP contribution in [-0.4, -0.2) is 11.4 Å². The Balaban J connectivity index is 2.90. The third-order valence-electron chi connectivity index (χ3n) is 2.28. The van der Waals surface area contributed by atoms with Gasteiger partial charge in [0.15, 0.2) is 0 Å². The zero-order valence-corrected chi connectivity index (χ0v) is 9.23. The summed E-state index contributed by atoms with van der Waals surface area (Å²) in [6.45, 7) is 3.79. The van der Waals surface area contributed by atoms with Gasteiger partial charge in [0.05, 0.1) is 5.92 Å².